The summed E-state index contributed by atoms with van der Waals surface area (Å²) in [6.45, 7) is 0. The molecule has 0 spiro atoms. The molecule has 9 heavy (non-hydrogen) atoms. The molecule has 54 valence electrons. The van der Waals surface area contributed by atoms with E-state index in [1.54, 1.807) is 0 Å². The van der Waals surface area contributed by atoms with Crippen molar-refractivity contribution in [2.24, 2.45) is 0 Å². The van der Waals surface area contributed by atoms with Gasteiger partial charge in [-0.1, -0.05) is 15.9 Å². The molecule has 1 rings (SSSR count). The second-order valence-electron chi connectivity index (χ2n) is 1.81. The number of ether oxygens (including phenoxy) is 1. The molecule has 2 N–H and O–H groups in total. The Morgan fingerprint density at radius 2 is 2.22 bits per heavy atom. The lowest BCUT2D eigenvalue weighted by Crippen LogP contribution is -1.94. The first-order valence-corrected chi connectivity index (χ1v) is 5.12. The lowest BCUT2D eigenvalue weighted by molar-refractivity contribution is 0.333. The SMILES string of the molecule is O=P(O)(O)[C@H]1O[C@H]1CBr. The molecule has 0 unspecified atom stereocenters. The number of epoxide rings is 1. The van der Waals surface area contributed by atoms with Gasteiger partial charge in [0, 0.05) is 5.33 Å². The van der Waals surface area contributed by atoms with E-state index in [0.29, 0.717) is 5.33 Å². The lowest BCUT2D eigenvalue weighted by atomic mass is 10.6. The van der Waals surface area contributed by atoms with Crippen molar-refractivity contribution < 1.29 is 19.1 Å². The second-order valence-corrected chi connectivity index (χ2v) is 4.14. The largest absolute Gasteiger partial charge is 0.356 e. The van der Waals surface area contributed by atoms with Crippen LogP contribution in [0.2, 0.25) is 0 Å². The van der Waals surface area contributed by atoms with Gasteiger partial charge in [0.05, 0.1) is 0 Å². The molecule has 0 aromatic rings. The average molecular weight is 217 g/mol. The predicted molar refractivity (Wildman–Crippen MR) is 34.5 cm³/mol. The van der Waals surface area contributed by atoms with Gasteiger partial charge in [0.2, 0.25) is 0 Å². The third-order valence-corrected chi connectivity index (χ3v) is 2.79. The Bertz CT molecular complexity index is 154. The first kappa shape index (κ1) is 7.69. The van der Waals surface area contributed by atoms with Gasteiger partial charge in [-0.2, -0.15) is 0 Å². The minimum absolute atomic E-state index is 0.286. The van der Waals surface area contributed by atoms with Crippen LogP contribution < -0.4 is 0 Å². The van der Waals surface area contributed by atoms with Gasteiger partial charge in [-0.3, -0.25) is 4.57 Å². The highest BCUT2D eigenvalue weighted by molar-refractivity contribution is 9.09. The van der Waals surface area contributed by atoms with E-state index in [0.717, 1.165) is 0 Å². The van der Waals surface area contributed by atoms with Crippen LogP contribution in [0.4, 0.5) is 0 Å². The zero-order chi connectivity index (χ0) is 7.07. The zero-order valence-electron chi connectivity index (χ0n) is 4.40. The highest BCUT2D eigenvalue weighted by Crippen LogP contribution is 2.53. The van der Waals surface area contributed by atoms with Crippen molar-refractivity contribution in [3.05, 3.63) is 0 Å². The summed E-state index contributed by atoms with van der Waals surface area (Å²) >= 11 is 3.04. The number of hydrogen-bond donors (Lipinski definition) is 2. The lowest BCUT2D eigenvalue weighted by Gasteiger charge is -1.94. The van der Waals surface area contributed by atoms with Gasteiger partial charge in [0.15, 0.2) is 5.85 Å². The summed E-state index contributed by atoms with van der Waals surface area (Å²) in [6, 6.07) is 0. The van der Waals surface area contributed by atoms with Crippen LogP contribution in [0, 0.1) is 0 Å². The summed E-state index contributed by atoms with van der Waals surface area (Å²) in [5.74, 6) is -0.850. The van der Waals surface area contributed by atoms with Gasteiger partial charge in [0.1, 0.15) is 6.10 Å². The van der Waals surface area contributed by atoms with Crippen molar-refractivity contribution in [3.8, 4) is 0 Å². The van der Waals surface area contributed by atoms with Crippen LogP contribution in [-0.4, -0.2) is 27.1 Å². The molecule has 0 aliphatic carbocycles. The zero-order valence-corrected chi connectivity index (χ0v) is 6.88. The van der Waals surface area contributed by atoms with E-state index in [9.17, 15) is 4.57 Å². The first-order chi connectivity index (χ1) is 4.05. The first-order valence-electron chi connectivity index (χ1n) is 2.32. The van der Waals surface area contributed by atoms with Crippen molar-refractivity contribution >= 4 is 23.5 Å². The third kappa shape index (κ3) is 1.75. The van der Waals surface area contributed by atoms with E-state index in [2.05, 4.69) is 20.7 Å². The van der Waals surface area contributed by atoms with Crippen LogP contribution in [0.25, 0.3) is 0 Å². The maximum atomic E-state index is 10.3. The maximum absolute atomic E-state index is 10.3. The van der Waals surface area contributed by atoms with Gasteiger partial charge < -0.3 is 14.5 Å². The summed E-state index contributed by atoms with van der Waals surface area (Å²) < 4.78 is 14.9. The van der Waals surface area contributed by atoms with Crippen LogP contribution >= 0.6 is 23.5 Å². The van der Waals surface area contributed by atoms with E-state index in [-0.39, 0.29) is 6.10 Å². The van der Waals surface area contributed by atoms with Gasteiger partial charge in [-0.25, -0.2) is 0 Å². The third-order valence-electron chi connectivity index (χ3n) is 1.04. The molecule has 1 aliphatic heterocycles. The van der Waals surface area contributed by atoms with Gasteiger partial charge >= 0.3 is 7.60 Å². The Hall–Kier alpha value is 0.590. The van der Waals surface area contributed by atoms with Crippen molar-refractivity contribution in [3.63, 3.8) is 0 Å². The van der Waals surface area contributed by atoms with Crippen LogP contribution in [0.1, 0.15) is 0 Å². The molecular weight excluding hydrogens is 211 g/mol. The molecule has 6 heteroatoms. The summed E-state index contributed by atoms with van der Waals surface area (Å²) in [5.41, 5.74) is 0. The van der Waals surface area contributed by atoms with Crippen LogP contribution in [0.3, 0.4) is 0 Å². The minimum Gasteiger partial charge on any atom is -0.355 e. The molecule has 1 fully saturated rings. The van der Waals surface area contributed by atoms with Gasteiger partial charge in [0.25, 0.3) is 0 Å². The minimum atomic E-state index is -3.95. The molecule has 0 aromatic carbocycles. The Labute approximate surface area is 60.5 Å². The Morgan fingerprint density at radius 1 is 1.67 bits per heavy atom. The maximum Gasteiger partial charge on any atom is 0.356 e. The molecule has 4 nitrogen and oxygen atoms in total. The van der Waals surface area contributed by atoms with E-state index < -0.39 is 13.4 Å². The molecule has 2 atom stereocenters. The highest BCUT2D eigenvalue weighted by atomic mass is 79.9. The van der Waals surface area contributed by atoms with E-state index in [1.807, 2.05) is 0 Å². The van der Waals surface area contributed by atoms with Crippen LogP contribution in [-0.2, 0) is 9.30 Å². The average Bonchev–Trinajstić information content (AvgIpc) is 2.39. The standard InChI is InChI=1S/C3H6BrO4P/c4-1-2-3(8-2)9(5,6)7/h2-3H,1H2,(H2,5,6,7)/t2-,3+/m0/s1. The summed E-state index contributed by atoms with van der Waals surface area (Å²) in [5, 5.41) is 0.489. The molecule has 0 bridgehead atoms. The predicted octanol–water partition coefficient (Wildman–Crippen LogP) is 0.284. The Morgan fingerprint density at radius 3 is 2.33 bits per heavy atom. The van der Waals surface area contributed by atoms with Crippen molar-refractivity contribution in [1.29, 1.82) is 0 Å². The van der Waals surface area contributed by atoms with E-state index in [4.69, 9.17) is 9.79 Å². The number of rotatable bonds is 2. The molecule has 0 radical (unpaired) electrons. The van der Waals surface area contributed by atoms with E-state index >= 15 is 0 Å². The Kier molecular flexibility index (Phi) is 1.99. The smallest absolute Gasteiger partial charge is 0.355 e. The van der Waals surface area contributed by atoms with Gasteiger partial charge in [-0.15, -0.1) is 0 Å². The molecular formula is C3H6BrO4P. The second kappa shape index (κ2) is 2.32. The fourth-order valence-electron chi connectivity index (χ4n) is 0.542. The normalized spacial score (nSPS) is 34.6. The monoisotopic (exact) mass is 216 g/mol. The number of hydrogen-bond acceptors (Lipinski definition) is 2. The van der Waals surface area contributed by atoms with Crippen LogP contribution in [0.5, 0.6) is 0 Å². The number of halogens is 1. The number of alkyl halides is 1. The van der Waals surface area contributed by atoms with Crippen molar-refractivity contribution in [2.75, 3.05) is 5.33 Å². The van der Waals surface area contributed by atoms with Crippen molar-refractivity contribution in [1.82, 2.24) is 0 Å². The fourth-order valence-corrected chi connectivity index (χ4v) is 2.18. The van der Waals surface area contributed by atoms with Gasteiger partial charge in [-0.05, 0) is 0 Å². The summed E-state index contributed by atoms with van der Waals surface area (Å²) in [6.07, 6.45) is -0.286. The molecule has 0 aromatic heterocycles. The summed E-state index contributed by atoms with van der Waals surface area (Å²) in [7, 11) is -3.95. The van der Waals surface area contributed by atoms with Crippen molar-refractivity contribution in [2.45, 2.75) is 11.9 Å². The Balaban J connectivity index is 2.43. The molecule has 1 heterocycles. The quantitative estimate of drug-likeness (QED) is 0.396. The van der Waals surface area contributed by atoms with Crippen LogP contribution in [0.15, 0.2) is 0 Å². The molecule has 0 saturated carbocycles. The highest BCUT2D eigenvalue weighted by Gasteiger charge is 2.50. The molecule has 1 saturated heterocycles. The fraction of sp³-hybridized carbons (Fsp3) is 1.00. The molecule has 1 aliphatic rings. The molecule has 0 amide bonds. The topological polar surface area (TPSA) is 70.1 Å². The van der Waals surface area contributed by atoms with E-state index in [1.165, 1.54) is 0 Å². The summed E-state index contributed by atoms with van der Waals surface area (Å²) in [4.78, 5) is 16.8.